The van der Waals surface area contributed by atoms with E-state index in [0.717, 1.165) is 0 Å². The molecule has 8 rings (SSSR count). The molecule has 0 radical (unpaired) electrons. The smallest absolute Gasteiger partial charge is 0.871 e. The molecule has 8 aromatic rings. The number of para-hydroxylation sites is 4. The standard InChI is InChI=1S/2C25H20ClN3O6S.Ca/c2*1-14-11-18(26)24(36(32,33)34)20(12-14)28-29-22-16-8-4-3-7-15(16)13-17(23(22)30)25(31)27-19-9-5-6-10-21(19)35-2;/h2*3-13,30H,1-2H3,(H,27,31)(H,32,33,34);/q;;+2/p-2. The van der Waals surface area contributed by atoms with E-state index >= 15 is 0 Å². The summed E-state index contributed by atoms with van der Waals surface area (Å²) in [5.41, 5.74) is 0.644. The van der Waals surface area contributed by atoms with E-state index < -0.39 is 53.3 Å². The fourth-order valence-corrected chi connectivity index (χ4v) is 9.74. The Labute approximate surface area is 457 Å². The van der Waals surface area contributed by atoms with Gasteiger partial charge in [0, 0.05) is 10.8 Å². The number of halogens is 2. The summed E-state index contributed by atoms with van der Waals surface area (Å²) in [5.74, 6) is -1.89. The van der Waals surface area contributed by atoms with E-state index in [4.69, 9.17) is 32.7 Å². The number of fused-ring (bicyclic) bond motifs is 2. The number of benzene rings is 8. The van der Waals surface area contributed by atoms with Crippen molar-refractivity contribution in [2.45, 2.75) is 23.6 Å². The maximum absolute atomic E-state index is 13.3. The van der Waals surface area contributed by atoms with Gasteiger partial charge in [0.15, 0.2) is 5.75 Å². The van der Waals surface area contributed by atoms with Crippen LogP contribution in [0.4, 0.5) is 34.1 Å². The number of hydrogen-bond acceptors (Lipinski definition) is 15. The third kappa shape index (κ3) is 12.7. The largest absolute Gasteiger partial charge is 2.00 e. The van der Waals surface area contributed by atoms with Gasteiger partial charge in [0.05, 0.1) is 41.2 Å². The topological polar surface area (TPSA) is 284 Å². The number of carbonyl (C=O) groups is 1. The Morgan fingerprint density at radius 1 is 0.603 bits per heavy atom. The average Bonchev–Trinajstić information content (AvgIpc) is 3.32. The van der Waals surface area contributed by atoms with E-state index in [2.05, 4.69) is 30.8 Å². The van der Waals surface area contributed by atoms with E-state index in [1.165, 1.54) is 50.6 Å². The van der Waals surface area contributed by atoms with Crippen LogP contribution < -0.4 is 25.0 Å². The molecule has 0 aliphatic heterocycles. The van der Waals surface area contributed by atoms with Gasteiger partial charge in [-0.3, -0.25) is 18.9 Å². The number of hydrogen-bond donors (Lipinski definition) is 4. The third-order valence-corrected chi connectivity index (χ3v) is 13.2. The number of azo groups is 2. The molecule has 18 nitrogen and oxygen atoms in total. The fourth-order valence-electron chi connectivity index (χ4n) is 7.28. The molecule has 0 unspecified atom stereocenters. The molecule has 0 saturated heterocycles. The maximum Gasteiger partial charge on any atom is 2.00 e. The first-order chi connectivity index (χ1) is 34.2. The molecular weight excluding hydrogens is 1050 g/mol. The molecule has 0 aliphatic rings. The number of anilines is 1. The Balaban J connectivity index is 0.000000235. The van der Waals surface area contributed by atoms with Crippen molar-refractivity contribution >= 4 is 149 Å². The third-order valence-electron chi connectivity index (χ3n) is 10.5. The number of phenols is 1. The summed E-state index contributed by atoms with van der Waals surface area (Å²) in [6, 6.07) is 35.2. The fraction of sp³-hybridized carbons (Fsp3) is 0.0800. The van der Waals surface area contributed by atoms with Crippen LogP contribution in [0.3, 0.4) is 0 Å². The summed E-state index contributed by atoms with van der Waals surface area (Å²) in [5, 5.41) is 57.5. The molecule has 73 heavy (non-hydrogen) atoms. The van der Waals surface area contributed by atoms with Crippen molar-refractivity contribution in [2.24, 2.45) is 25.4 Å². The zero-order valence-corrected chi connectivity index (χ0v) is 44.1. The summed E-state index contributed by atoms with van der Waals surface area (Å²) in [6.45, 7) is 3.31. The minimum atomic E-state index is -4.75. The number of nitrogens with one attached hydrogen (secondary N) is 1. The minimum absolute atomic E-state index is 0. The van der Waals surface area contributed by atoms with Crippen molar-refractivity contribution < 1.29 is 55.5 Å². The van der Waals surface area contributed by atoms with Gasteiger partial charge in [0.25, 0.3) is 26.1 Å². The number of rotatable bonds is 12. The van der Waals surface area contributed by atoms with Crippen LogP contribution in [-0.2, 0) is 20.2 Å². The van der Waals surface area contributed by atoms with Crippen LogP contribution in [0.15, 0.2) is 169 Å². The van der Waals surface area contributed by atoms with Crippen LogP contribution in [0.25, 0.3) is 21.5 Å². The van der Waals surface area contributed by atoms with E-state index in [1.54, 1.807) is 111 Å². The van der Waals surface area contributed by atoms with Crippen molar-refractivity contribution in [1.82, 2.24) is 0 Å². The number of phenolic OH excluding ortho intramolecular Hbond substituents is 1. The molecule has 0 aliphatic carbocycles. The monoisotopic (exact) mass is 1090 g/mol. The first kappa shape index (κ1) is 55.6. The molecule has 0 heterocycles. The second-order valence-electron chi connectivity index (χ2n) is 15.4. The van der Waals surface area contributed by atoms with E-state index in [1.807, 2.05) is 0 Å². The average molecular weight is 1090 g/mol. The molecule has 0 aromatic heterocycles. The van der Waals surface area contributed by atoms with Crippen molar-refractivity contribution in [2.75, 3.05) is 19.5 Å². The quantitative estimate of drug-likeness (QED) is 0.0292. The van der Waals surface area contributed by atoms with Crippen LogP contribution in [0.1, 0.15) is 27.0 Å². The summed E-state index contributed by atoms with van der Waals surface area (Å²) in [4.78, 5) is 15.9. The molecule has 1 amide bonds. The zero-order valence-electron chi connectivity index (χ0n) is 38.7. The first-order valence-electron chi connectivity index (χ1n) is 20.9. The van der Waals surface area contributed by atoms with Crippen LogP contribution >= 0.6 is 23.2 Å². The Kier molecular flexibility index (Phi) is 17.8. The second-order valence-corrected chi connectivity index (χ2v) is 19.0. The van der Waals surface area contributed by atoms with E-state index in [9.17, 15) is 46.1 Å². The Morgan fingerprint density at radius 3 is 1.59 bits per heavy atom. The molecule has 8 aromatic carbocycles. The van der Waals surface area contributed by atoms with Crippen molar-refractivity contribution in [1.29, 1.82) is 0 Å². The van der Waals surface area contributed by atoms with Gasteiger partial charge in [-0.15, -0.1) is 15.3 Å². The predicted octanol–water partition coefficient (Wildman–Crippen LogP) is 11.0. The number of carbonyl (C=O) groups excluding carboxylic acids is 1. The number of methoxy groups -OCH3 is 2. The number of aliphatic imine (C=N–C) groups is 1. The SMILES string of the molecule is COc1ccccc1N=C([O-])c1cc2ccccc2c(N=Nc2cc(C)cc(Cl)c2S(=O)(=O)O)c1[O-].COc1ccccc1NC(=O)c1cc2ccccc2c(N=Nc2cc(C)cc(Cl)c2S(=O)(=O)O)c1O.[Ca+2]. The van der Waals surface area contributed by atoms with Gasteiger partial charge in [-0.1, -0.05) is 102 Å². The number of amides is 1. The molecule has 368 valence electrons. The van der Waals surface area contributed by atoms with Crippen LogP contribution in [0, 0.1) is 13.8 Å². The number of nitrogens with zero attached hydrogens (tertiary/aromatic N) is 5. The summed E-state index contributed by atoms with van der Waals surface area (Å²) in [6.07, 6.45) is 0. The number of aromatic hydroxyl groups is 1. The summed E-state index contributed by atoms with van der Waals surface area (Å²) in [7, 11) is -6.57. The Morgan fingerprint density at radius 2 is 1.05 bits per heavy atom. The van der Waals surface area contributed by atoms with Gasteiger partial charge >= 0.3 is 37.7 Å². The Hall–Kier alpha value is -6.72. The first-order valence-corrected chi connectivity index (χ1v) is 24.5. The molecule has 23 heteroatoms. The molecule has 0 fully saturated rings. The van der Waals surface area contributed by atoms with Gasteiger partial charge in [-0.25, -0.2) is 0 Å². The van der Waals surface area contributed by atoms with Gasteiger partial charge in [-0.05, 0) is 108 Å². The van der Waals surface area contributed by atoms with E-state index in [0.29, 0.717) is 49.9 Å². The van der Waals surface area contributed by atoms with Crippen LogP contribution in [0.2, 0.25) is 10.0 Å². The van der Waals surface area contributed by atoms with Crippen molar-refractivity contribution in [3.63, 3.8) is 0 Å². The van der Waals surface area contributed by atoms with Crippen molar-refractivity contribution in [3.8, 4) is 23.0 Å². The van der Waals surface area contributed by atoms with Crippen molar-refractivity contribution in [3.05, 3.63) is 166 Å². The summed E-state index contributed by atoms with van der Waals surface area (Å²) >= 11 is 12.1. The second kappa shape index (κ2) is 23.4. The Bertz CT molecular complexity index is 3790. The minimum Gasteiger partial charge on any atom is -0.871 e. The molecule has 0 spiro atoms. The van der Waals surface area contributed by atoms with E-state index in [-0.39, 0.29) is 87.3 Å². The van der Waals surface area contributed by atoms with Gasteiger partial charge in [0.1, 0.15) is 44.0 Å². The molecule has 4 N–H and O–H groups in total. The normalized spacial score (nSPS) is 11.9. The van der Waals surface area contributed by atoms with Crippen LogP contribution in [0.5, 0.6) is 23.0 Å². The number of aryl methyl sites for hydroxylation is 2. The predicted molar refractivity (Wildman–Crippen MR) is 275 cm³/mol. The summed E-state index contributed by atoms with van der Waals surface area (Å²) < 4.78 is 77.3. The number of ether oxygens (including phenoxy) is 2. The van der Waals surface area contributed by atoms with Crippen LogP contribution in [-0.4, -0.2) is 94.8 Å². The molecule has 0 bridgehead atoms. The maximum atomic E-state index is 13.3. The van der Waals surface area contributed by atoms with Gasteiger partial charge in [0.2, 0.25) is 0 Å². The zero-order chi connectivity index (χ0) is 52.1. The molecule has 0 atom stereocenters. The molecule has 0 saturated carbocycles. The van der Waals surface area contributed by atoms with Gasteiger partial charge < -0.3 is 30.1 Å². The van der Waals surface area contributed by atoms with Gasteiger partial charge in [-0.2, -0.15) is 21.9 Å². The molecular formula is C50H38CaCl2N6O12S2.